The molecular formula is C35H45N5O6. The zero-order valence-corrected chi connectivity index (χ0v) is 26.8. The van der Waals surface area contributed by atoms with Crippen molar-refractivity contribution < 1.29 is 29.0 Å². The number of primary amides is 1. The van der Waals surface area contributed by atoms with Crippen LogP contribution in [0.15, 0.2) is 91.0 Å². The number of nitrogens with zero attached hydrogens (tertiary/aromatic N) is 1. The number of benzene rings is 3. The molecule has 0 bridgehead atoms. The van der Waals surface area contributed by atoms with Crippen LogP contribution in [0.1, 0.15) is 56.8 Å². The van der Waals surface area contributed by atoms with E-state index in [1.807, 2.05) is 94.4 Å². The van der Waals surface area contributed by atoms with Crippen LogP contribution in [-0.2, 0) is 27.4 Å². The zero-order chi connectivity index (χ0) is 33.7. The second-order valence-corrected chi connectivity index (χ2v) is 12.2. The third kappa shape index (κ3) is 11.9. The molecule has 0 fully saturated rings. The van der Waals surface area contributed by atoms with Gasteiger partial charge >= 0.3 is 12.1 Å². The third-order valence-electron chi connectivity index (χ3n) is 7.19. The number of aliphatic hydroxyl groups excluding tert-OH is 1. The molecule has 0 heterocycles. The van der Waals surface area contributed by atoms with Crippen molar-refractivity contribution in [2.45, 2.75) is 76.9 Å². The molecular weight excluding hydrogens is 586 g/mol. The van der Waals surface area contributed by atoms with Crippen molar-refractivity contribution in [2.75, 3.05) is 6.54 Å². The minimum absolute atomic E-state index is 0.0427. The third-order valence-corrected chi connectivity index (χ3v) is 7.19. The molecule has 0 aliphatic rings. The van der Waals surface area contributed by atoms with Gasteiger partial charge < -0.3 is 36.4 Å². The fraction of sp³-hybridized carbons (Fsp3) is 0.371. The highest BCUT2D eigenvalue weighted by atomic mass is 16.5. The minimum atomic E-state index is -1.37. The molecule has 0 unspecified atom stereocenters. The lowest BCUT2D eigenvalue weighted by Gasteiger charge is -2.36. The summed E-state index contributed by atoms with van der Waals surface area (Å²) < 4.78 is 5.24. The molecule has 0 aliphatic carbocycles. The lowest BCUT2D eigenvalue weighted by molar-refractivity contribution is -0.128. The standard InChI is InChI=1S/C35H45N5O6/c1-24(27-18-12-7-13-19-27)40(33(44)39-35(2,3)4)22-30(41)28(20-25-14-8-5-9-15-25)37-32(43)29(21-31(36)42)38-34(45)46-23-26-16-10-6-11-17-26/h5-19,24,28-30,41H,20-23H2,1-4H3,(H2,36,42)(H,37,43)(H,38,45)(H,39,44)/t24-,28-,29-,30+/m0/s1. The molecule has 0 saturated carbocycles. The first-order chi connectivity index (χ1) is 21.8. The minimum Gasteiger partial charge on any atom is -0.445 e. The zero-order valence-electron chi connectivity index (χ0n) is 26.8. The topological polar surface area (TPSA) is 163 Å². The van der Waals surface area contributed by atoms with E-state index in [-0.39, 0.29) is 25.6 Å². The van der Waals surface area contributed by atoms with Crippen LogP contribution >= 0.6 is 0 Å². The predicted octanol–water partition coefficient (Wildman–Crippen LogP) is 3.82. The molecule has 5 amide bonds. The number of hydrogen-bond donors (Lipinski definition) is 5. The van der Waals surface area contributed by atoms with Crippen molar-refractivity contribution in [3.8, 4) is 0 Å². The van der Waals surface area contributed by atoms with Gasteiger partial charge in [-0.1, -0.05) is 91.0 Å². The van der Waals surface area contributed by atoms with Gasteiger partial charge in [0.2, 0.25) is 11.8 Å². The first-order valence-corrected chi connectivity index (χ1v) is 15.2. The number of aliphatic hydroxyl groups is 1. The van der Waals surface area contributed by atoms with Crippen LogP contribution in [0, 0.1) is 0 Å². The normalized spacial score (nSPS) is 13.8. The van der Waals surface area contributed by atoms with E-state index in [1.165, 1.54) is 4.90 Å². The first-order valence-electron chi connectivity index (χ1n) is 15.2. The summed E-state index contributed by atoms with van der Waals surface area (Å²) in [5.41, 5.74) is 7.29. The van der Waals surface area contributed by atoms with E-state index < -0.39 is 54.1 Å². The molecule has 0 saturated heterocycles. The Bertz CT molecular complexity index is 1420. The van der Waals surface area contributed by atoms with Gasteiger partial charge in [-0.05, 0) is 50.8 Å². The summed E-state index contributed by atoms with van der Waals surface area (Å²) >= 11 is 0. The molecule has 11 heteroatoms. The van der Waals surface area contributed by atoms with Crippen molar-refractivity contribution in [2.24, 2.45) is 5.73 Å². The highest BCUT2D eigenvalue weighted by molar-refractivity contribution is 5.90. The van der Waals surface area contributed by atoms with Crippen molar-refractivity contribution in [1.82, 2.24) is 20.9 Å². The number of hydrogen-bond acceptors (Lipinski definition) is 6. The molecule has 4 atom stereocenters. The molecule has 46 heavy (non-hydrogen) atoms. The molecule has 6 N–H and O–H groups in total. The van der Waals surface area contributed by atoms with Crippen LogP contribution in [0.25, 0.3) is 0 Å². The average Bonchev–Trinajstić information content (AvgIpc) is 3.02. The highest BCUT2D eigenvalue weighted by Gasteiger charge is 2.33. The van der Waals surface area contributed by atoms with Crippen LogP contribution in [0.3, 0.4) is 0 Å². The number of alkyl carbamates (subject to hydrolysis) is 1. The first kappa shape index (κ1) is 35.6. The van der Waals surface area contributed by atoms with E-state index >= 15 is 0 Å². The number of amides is 5. The SMILES string of the molecule is C[C@@H](c1ccccc1)N(C[C@@H](O)[C@H](Cc1ccccc1)NC(=O)[C@H](CC(N)=O)NC(=O)OCc1ccccc1)C(=O)NC(C)(C)C. The molecule has 246 valence electrons. The van der Waals surface area contributed by atoms with E-state index in [2.05, 4.69) is 16.0 Å². The smallest absolute Gasteiger partial charge is 0.408 e. The van der Waals surface area contributed by atoms with Gasteiger partial charge in [-0.2, -0.15) is 0 Å². The van der Waals surface area contributed by atoms with Gasteiger partial charge in [-0.15, -0.1) is 0 Å². The Morgan fingerprint density at radius 3 is 1.93 bits per heavy atom. The van der Waals surface area contributed by atoms with E-state index in [4.69, 9.17) is 10.5 Å². The predicted molar refractivity (Wildman–Crippen MR) is 175 cm³/mol. The van der Waals surface area contributed by atoms with E-state index in [0.29, 0.717) is 0 Å². The lowest BCUT2D eigenvalue weighted by atomic mass is 9.98. The molecule has 0 aromatic heterocycles. The molecule has 0 spiro atoms. The van der Waals surface area contributed by atoms with Crippen molar-refractivity contribution in [3.05, 3.63) is 108 Å². The number of ether oxygens (including phenoxy) is 1. The summed E-state index contributed by atoms with van der Waals surface area (Å²) in [6.45, 7) is 7.27. The Kier molecular flexibility index (Phi) is 13.1. The van der Waals surface area contributed by atoms with Gasteiger partial charge in [-0.3, -0.25) is 9.59 Å². The van der Waals surface area contributed by atoms with E-state index in [0.717, 1.165) is 16.7 Å². The average molecular weight is 632 g/mol. The van der Waals surface area contributed by atoms with Gasteiger partial charge in [0.25, 0.3) is 0 Å². The Morgan fingerprint density at radius 2 is 1.39 bits per heavy atom. The summed E-state index contributed by atoms with van der Waals surface area (Å²) in [5, 5.41) is 19.8. The monoisotopic (exact) mass is 631 g/mol. The highest BCUT2D eigenvalue weighted by Crippen LogP contribution is 2.22. The molecule has 0 radical (unpaired) electrons. The van der Waals surface area contributed by atoms with Crippen LogP contribution in [0.2, 0.25) is 0 Å². The summed E-state index contributed by atoms with van der Waals surface area (Å²) in [6, 6.07) is 24.5. The molecule has 0 aliphatic heterocycles. The maximum Gasteiger partial charge on any atom is 0.408 e. The summed E-state index contributed by atoms with van der Waals surface area (Å²) in [6.07, 6.45) is -2.46. The Balaban J connectivity index is 1.83. The van der Waals surface area contributed by atoms with Crippen LogP contribution in [0.4, 0.5) is 9.59 Å². The number of nitrogens with two attached hydrogens (primary N) is 1. The van der Waals surface area contributed by atoms with Gasteiger partial charge in [0.05, 0.1) is 31.2 Å². The number of rotatable bonds is 14. The summed E-state index contributed by atoms with van der Waals surface area (Å²) in [5.74, 6) is -1.55. The maximum absolute atomic E-state index is 13.6. The molecule has 3 aromatic rings. The van der Waals surface area contributed by atoms with Crippen molar-refractivity contribution in [3.63, 3.8) is 0 Å². The largest absolute Gasteiger partial charge is 0.445 e. The van der Waals surface area contributed by atoms with Crippen molar-refractivity contribution >= 4 is 23.9 Å². The summed E-state index contributed by atoms with van der Waals surface area (Å²) in [7, 11) is 0. The molecule has 3 rings (SSSR count). The number of carbonyl (C=O) groups is 4. The maximum atomic E-state index is 13.6. The second kappa shape index (κ2) is 17.0. The van der Waals surface area contributed by atoms with E-state index in [1.54, 1.807) is 24.3 Å². The Morgan fingerprint density at radius 1 is 0.848 bits per heavy atom. The van der Waals surface area contributed by atoms with Crippen molar-refractivity contribution in [1.29, 1.82) is 0 Å². The van der Waals surface area contributed by atoms with Crippen LogP contribution in [-0.4, -0.2) is 64.2 Å². The summed E-state index contributed by atoms with van der Waals surface area (Å²) in [4.78, 5) is 53.1. The molecule has 3 aromatic carbocycles. The fourth-order valence-electron chi connectivity index (χ4n) is 4.80. The van der Waals surface area contributed by atoms with Crippen LogP contribution in [0.5, 0.6) is 0 Å². The van der Waals surface area contributed by atoms with Gasteiger partial charge in [0.15, 0.2) is 0 Å². The quantitative estimate of drug-likeness (QED) is 0.182. The van der Waals surface area contributed by atoms with E-state index in [9.17, 15) is 24.3 Å². The second-order valence-electron chi connectivity index (χ2n) is 12.2. The van der Waals surface area contributed by atoms with Gasteiger partial charge in [0.1, 0.15) is 12.6 Å². The molecule has 11 nitrogen and oxygen atoms in total. The fourth-order valence-corrected chi connectivity index (χ4v) is 4.80. The lowest BCUT2D eigenvalue weighted by Crippen LogP contribution is -2.57. The van der Waals surface area contributed by atoms with Gasteiger partial charge in [-0.25, -0.2) is 9.59 Å². The van der Waals surface area contributed by atoms with Gasteiger partial charge in [0, 0.05) is 5.54 Å². The Labute approximate surface area is 270 Å². The Hall–Kier alpha value is -4.90. The number of nitrogens with one attached hydrogen (secondary N) is 3. The van der Waals surface area contributed by atoms with Crippen LogP contribution < -0.4 is 21.7 Å². The number of carbonyl (C=O) groups excluding carboxylic acids is 4. The number of urea groups is 1.